The zero-order chi connectivity index (χ0) is 9.84. The predicted molar refractivity (Wildman–Crippen MR) is 52.0 cm³/mol. The summed E-state index contributed by atoms with van der Waals surface area (Å²) >= 11 is 0. The summed E-state index contributed by atoms with van der Waals surface area (Å²) in [7, 11) is 0. The third-order valence-corrected chi connectivity index (χ3v) is 2.84. The lowest BCUT2D eigenvalue weighted by atomic mass is 9.87. The Bertz CT molecular complexity index is 152. The maximum atomic E-state index is 9.30. The quantitative estimate of drug-likeness (QED) is 0.525. The Morgan fingerprint density at radius 3 is 2.69 bits per heavy atom. The van der Waals surface area contributed by atoms with Crippen molar-refractivity contribution in [2.24, 2.45) is 11.8 Å². The summed E-state index contributed by atoms with van der Waals surface area (Å²) in [4.78, 5) is 0. The van der Waals surface area contributed by atoms with Gasteiger partial charge in [-0.2, -0.15) is 0 Å². The van der Waals surface area contributed by atoms with Gasteiger partial charge in [-0.3, -0.25) is 10.5 Å². The van der Waals surface area contributed by atoms with Crippen LogP contribution in [0.4, 0.5) is 0 Å². The van der Waals surface area contributed by atoms with Gasteiger partial charge in [-0.25, -0.2) is 5.43 Å². The molecule has 3 unspecified atom stereocenters. The third kappa shape index (κ3) is 2.20. The lowest BCUT2D eigenvalue weighted by molar-refractivity contribution is -0.160. The Morgan fingerprint density at radius 2 is 2.08 bits per heavy atom. The summed E-state index contributed by atoms with van der Waals surface area (Å²) in [6.45, 7) is 8.16. The lowest BCUT2D eigenvalue weighted by Gasteiger charge is -2.32. The highest BCUT2D eigenvalue weighted by atomic mass is 16.5. The largest absolute Gasteiger partial charge is 0.298 e. The van der Waals surface area contributed by atoms with Crippen molar-refractivity contribution in [2.75, 3.05) is 13.1 Å². The summed E-state index contributed by atoms with van der Waals surface area (Å²) in [5.74, 6) is 1.28. The van der Waals surface area contributed by atoms with Crippen molar-refractivity contribution in [3.05, 3.63) is 0 Å². The average molecular weight is 187 g/mol. The molecule has 0 spiro atoms. The van der Waals surface area contributed by atoms with Crippen LogP contribution in [0.1, 0.15) is 27.2 Å². The van der Waals surface area contributed by atoms with Crippen LogP contribution < -0.4 is 10.7 Å². The van der Waals surface area contributed by atoms with Gasteiger partial charge in [0.15, 0.2) is 0 Å². The van der Waals surface area contributed by atoms with Gasteiger partial charge in [0.2, 0.25) is 0 Å². The molecule has 0 aromatic carbocycles. The maximum absolute atomic E-state index is 9.30. The molecule has 0 bridgehead atoms. The molecule has 2 rings (SSSR count). The standard InChI is InChI=1S/C7H15N3O.C2H6/c1-5-2-3-8-7-6(5)4-9-10(7)11;1-2/h5-9,11H,2-4H2,1H3;1-2H3. The molecule has 0 aromatic rings. The number of hydrogen-bond acceptors (Lipinski definition) is 4. The second-order valence-electron chi connectivity index (χ2n) is 3.54. The number of nitrogens with one attached hydrogen (secondary N) is 2. The lowest BCUT2D eigenvalue weighted by Crippen LogP contribution is -2.50. The zero-order valence-corrected chi connectivity index (χ0v) is 8.75. The molecule has 0 amide bonds. The van der Waals surface area contributed by atoms with Crippen LogP contribution in [0.3, 0.4) is 0 Å². The number of hydrazine groups is 1. The fourth-order valence-electron chi connectivity index (χ4n) is 2.01. The first kappa shape index (κ1) is 10.9. The first-order valence-corrected chi connectivity index (χ1v) is 5.24. The van der Waals surface area contributed by atoms with Crippen molar-refractivity contribution in [1.29, 1.82) is 0 Å². The summed E-state index contributed by atoms with van der Waals surface area (Å²) in [6.07, 6.45) is 1.36. The summed E-state index contributed by atoms with van der Waals surface area (Å²) in [5, 5.41) is 13.8. The zero-order valence-electron chi connectivity index (χ0n) is 8.75. The molecule has 3 atom stereocenters. The van der Waals surface area contributed by atoms with E-state index in [1.54, 1.807) is 0 Å². The molecule has 2 aliphatic heterocycles. The maximum Gasteiger partial charge on any atom is 0.105 e. The Hall–Kier alpha value is -0.160. The van der Waals surface area contributed by atoms with Crippen LogP contribution >= 0.6 is 0 Å². The Kier molecular flexibility index (Phi) is 4.12. The number of fused-ring (bicyclic) bond motifs is 1. The van der Waals surface area contributed by atoms with E-state index in [9.17, 15) is 5.21 Å². The Labute approximate surface area is 80.2 Å². The van der Waals surface area contributed by atoms with Crippen molar-refractivity contribution in [1.82, 2.24) is 15.9 Å². The molecule has 3 N–H and O–H groups in total. The van der Waals surface area contributed by atoms with E-state index in [1.165, 1.54) is 11.6 Å². The number of nitrogens with zero attached hydrogens (tertiary/aromatic N) is 1. The molecule has 2 fully saturated rings. The first-order valence-electron chi connectivity index (χ1n) is 5.24. The van der Waals surface area contributed by atoms with Crippen molar-refractivity contribution >= 4 is 0 Å². The molecular weight excluding hydrogens is 166 g/mol. The van der Waals surface area contributed by atoms with Crippen LogP contribution in [-0.4, -0.2) is 29.6 Å². The van der Waals surface area contributed by atoms with Gasteiger partial charge in [0.25, 0.3) is 0 Å². The first-order chi connectivity index (χ1) is 6.29. The summed E-state index contributed by atoms with van der Waals surface area (Å²) in [6, 6.07) is 0. The van der Waals surface area contributed by atoms with Gasteiger partial charge >= 0.3 is 0 Å². The van der Waals surface area contributed by atoms with Crippen LogP contribution in [0.2, 0.25) is 0 Å². The van der Waals surface area contributed by atoms with E-state index in [2.05, 4.69) is 17.7 Å². The van der Waals surface area contributed by atoms with Crippen molar-refractivity contribution in [3.8, 4) is 0 Å². The van der Waals surface area contributed by atoms with Crippen molar-refractivity contribution in [2.45, 2.75) is 33.4 Å². The van der Waals surface area contributed by atoms with E-state index < -0.39 is 0 Å². The third-order valence-electron chi connectivity index (χ3n) is 2.84. The van der Waals surface area contributed by atoms with Crippen LogP contribution in [0.25, 0.3) is 0 Å². The van der Waals surface area contributed by atoms with E-state index in [1.807, 2.05) is 13.8 Å². The fourth-order valence-corrected chi connectivity index (χ4v) is 2.01. The van der Waals surface area contributed by atoms with Gasteiger partial charge in [-0.05, 0) is 18.9 Å². The van der Waals surface area contributed by atoms with Crippen LogP contribution in [-0.2, 0) is 0 Å². The second kappa shape index (κ2) is 4.91. The molecule has 2 saturated heterocycles. The molecular formula is C9H21N3O. The minimum atomic E-state index is 0.138. The fraction of sp³-hybridized carbons (Fsp3) is 1.00. The normalized spacial score (nSPS) is 39.2. The van der Waals surface area contributed by atoms with E-state index in [4.69, 9.17) is 0 Å². The van der Waals surface area contributed by atoms with E-state index >= 15 is 0 Å². The van der Waals surface area contributed by atoms with E-state index in [0.717, 1.165) is 13.1 Å². The minimum absolute atomic E-state index is 0.138. The van der Waals surface area contributed by atoms with Crippen LogP contribution in [0.5, 0.6) is 0 Å². The van der Waals surface area contributed by atoms with E-state index in [-0.39, 0.29) is 6.17 Å². The predicted octanol–water partition coefficient (Wildman–Crippen LogP) is 0.794. The Morgan fingerprint density at radius 1 is 1.38 bits per heavy atom. The second-order valence-corrected chi connectivity index (χ2v) is 3.54. The molecule has 4 heteroatoms. The SMILES string of the molecule is CC.CC1CCNC2C1CNN2O. The minimum Gasteiger partial charge on any atom is -0.298 e. The molecule has 0 saturated carbocycles. The van der Waals surface area contributed by atoms with Gasteiger partial charge < -0.3 is 0 Å². The van der Waals surface area contributed by atoms with Gasteiger partial charge in [-0.1, -0.05) is 20.8 Å². The molecule has 2 heterocycles. The molecule has 4 nitrogen and oxygen atoms in total. The summed E-state index contributed by atoms with van der Waals surface area (Å²) in [5.41, 5.74) is 2.92. The Balaban J connectivity index is 0.000000396. The molecule has 78 valence electrons. The van der Waals surface area contributed by atoms with Crippen LogP contribution in [0, 0.1) is 11.8 Å². The highest BCUT2D eigenvalue weighted by Crippen LogP contribution is 2.26. The number of hydrogen-bond donors (Lipinski definition) is 3. The molecule has 13 heavy (non-hydrogen) atoms. The smallest absolute Gasteiger partial charge is 0.105 e. The van der Waals surface area contributed by atoms with Crippen molar-refractivity contribution in [3.63, 3.8) is 0 Å². The van der Waals surface area contributed by atoms with Crippen molar-refractivity contribution < 1.29 is 5.21 Å². The topological polar surface area (TPSA) is 47.5 Å². The molecule has 0 aromatic heterocycles. The number of hydroxylamine groups is 1. The van der Waals surface area contributed by atoms with E-state index in [0.29, 0.717) is 11.8 Å². The van der Waals surface area contributed by atoms with Gasteiger partial charge in [0.1, 0.15) is 6.17 Å². The van der Waals surface area contributed by atoms with Gasteiger partial charge in [0, 0.05) is 12.5 Å². The van der Waals surface area contributed by atoms with Gasteiger partial charge in [0.05, 0.1) is 0 Å². The highest BCUT2D eigenvalue weighted by molar-refractivity contribution is 4.87. The van der Waals surface area contributed by atoms with Gasteiger partial charge in [-0.15, -0.1) is 5.17 Å². The number of rotatable bonds is 0. The molecule has 0 aliphatic carbocycles. The number of piperidine rings is 1. The highest BCUT2D eigenvalue weighted by Gasteiger charge is 2.38. The monoisotopic (exact) mass is 187 g/mol. The van der Waals surface area contributed by atoms with Crippen LogP contribution in [0.15, 0.2) is 0 Å². The average Bonchev–Trinajstić information content (AvgIpc) is 2.53. The summed E-state index contributed by atoms with van der Waals surface area (Å²) < 4.78 is 0. The molecule has 2 aliphatic rings. The molecule has 0 radical (unpaired) electrons.